The third-order valence-corrected chi connectivity index (χ3v) is 3.74. The van der Waals surface area contributed by atoms with Crippen molar-refractivity contribution in [1.82, 2.24) is 5.32 Å². The minimum Gasteiger partial charge on any atom is -0.464 e. The van der Waals surface area contributed by atoms with Gasteiger partial charge in [0.15, 0.2) is 0 Å². The Morgan fingerprint density at radius 1 is 1.29 bits per heavy atom. The van der Waals surface area contributed by atoms with Crippen LogP contribution in [0.1, 0.15) is 39.0 Å². The first-order valence-corrected chi connectivity index (χ1v) is 6.68. The number of nitrogens with one attached hydrogen (secondary N) is 1. The molecule has 2 aliphatic rings. The van der Waals surface area contributed by atoms with Crippen LogP contribution in [0.15, 0.2) is 0 Å². The summed E-state index contributed by atoms with van der Waals surface area (Å²) in [6.45, 7) is 4.33. The summed E-state index contributed by atoms with van der Waals surface area (Å²) in [6, 6.07) is 0. The minimum absolute atomic E-state index is 0.0882. The van der Waals surface area contributed by atoms with Crippen molar-refractivity contribution in [3.63, 3.8) is 0 Å². The average Bonchev–Trinajstić information content (AvgIpc) is 2.33. The van der Waals surface area contributed by atoms with Crippen LogP contribution in [0.2, 0.25) is 0 Å². The van der Waals surface area contributed by atoms with Crippen molar-refractivity contribution in [2.75, 3.05) is 26.3 Å². The quantitative estimate of drug-likeness (QED) is 0.741. The Bertz CT molecular complexity index is 257. The number of hydrogen-bond donors (Lipinski definition) is 1. The zero-order valence-corrected chi connectivity index (χ0v) is 10.7. The van der Waals surface area contributed by atoms with E-state index >= 15 is 0 Å². The molecule has 1 saturated carbocycles. The fraction of sp³-hybridized carbons (Fsp3) is 0.923. The molecule has 2 rings (SSSR count). The van der Waals surface area contributed by atoms with Gasteiger partial charge in [0.25, 0.3) is 0 Å². The van der Waals surface area contributed by atoms with E-state index < -0.39 is 0 Å². The van der Waals surface area contributed by atoms with Gasteiger partial charge in [0.05, 0.1) is 12.2 Å². The lowest BCUT2D eigenvalue weighted by Crippen LogP contribution is -2.59. The summed E-state index contributed by atoms with van der Waals surface area (Å²) in [5, 5.41) is 3.13. The normalized spacial score (nSPS) is 24.1. The summed E-state index contributed by atoms with van der Waals surface area (Å²) in [5.41, 5.74) is -0.163. The molecule has 1 saturated heterocycles. The van der Waals surface area contributed by atoms with Gasteiger partial charge >= 0.3 is 5.97 Å². The molecule has 0 aromatic rings. The summed E-state index contributed by atoms with van der Waals surface area (Å²) in [6.07, 6.45) is 6.30. The van der Waals surface area contributed by atoms with Crippen molar-refractivity contribution in [2.45, 2.75) is 44.6 Å². The lowest BCUT2D eigenvalue weighted by Gasteiger charge is -2.38. The molecule has 0 radical (unpaired) electrons. The number of esters is 1. The van der Waals surface area contributed by atoms with E-state index in [1.54, 1.807) is 0 Å². The number of carbonyl (C=O) groups excluding carboxylic acids is 1. The second-order valence-corrected chi connectivity index (χ2v) is 5.53. The van der Waals surface area contributed by atoms with Gasteiger partial charge in [-0.25, -0.2) is 4.79 Å². The molecule has 0 amide bonds. The maximum Gasteiger partial charge on any atom is 0.332 e. The van der Waals surface area contributed by atoms with Crippen LogP contribution in [-0.4, -0.2) is 37.9 Å². The first-order valence-electron chi connectivity index (χ1n) is 6.68. The van der Waals surface area contributed by atoms with Crippen LogP contribution in [0.5, 0.6) is 0 Å². The van der Waals surface area contributed by atoms with Crippen LogP contribution in [0.3, 0.4) is 0 Å². The second-order valence-electron chi connectivity index (χ2n) is 5.53. The van der Waals surface area contributed by atoms with E-state index in [2.05, 4.69) is 5.32 Å². The highest BCUT2D eigenvalue weighted by atomic mass is 16.6. The Labute approximate surface area is 103 Å². The number of carbonyl (C=O) groups is 1. The Hall–Kier alpha value is -0.610. The van der Waals surface area contributed by atoms with Gasteiger partial charge in [-0.2, -0.15) is 0 Å². The Kier molecular flexibility index (Phi) is 4.40. The molecule has 0 bridgehead atoms. The van der Waals surface area contributed by atoms with Crippen molar-refractivity contribution < 1.29 is 14.3 Å². The number of hydrogen-bond acceptors (Lipinski definition) is 4. The molecular formula is C13H23NO3. The highest BCUT2D eigenvalue weighted by Crippen LogP contribution is 2.23. The molecule has 1 heterocycles. The third kappa shape index (κ3) is 3.96. The molecule has 0 atom stereocenters. The smallest absolute Gasteiger partial charge is 0.332 e. The summed E-state index contributed by atoms with van der Waals surface area (Å²) in [5.74, 6) is 0.359. The molecule has 1 N–H and O–H groups in total. The van der Waals surface area contributed by atoms with Gasteiger partial charge in [-0.05, 0) is 25.7 Å². The highest BCUT2D eigenvalue weighted by Gasteiger charge is 2.33. The van der Waals surface area contributed by atoms with Crippen molar-refractivity contribution >= 4 is 5.97 Å². The average molecular weight is 241 g/mol. The van der Waals surface area contributed by atoms with E-state index in [0.717, 1.165) is 13.1 Å². The Balaban J connectivity index is 1.57. The van der Waals surface area contributed by atoms with Crippen molar-refractivity contribution in [2.24, 2.45) is 5.92 Å². The second kappa shape index (κ2) is 5.83. The molecule has 0 aromatic carbocycles. The van der Waals surface area contributed by atoms with E-state index in [1.165, 1.54) is 32.1 Å². The number of rotatable bonds is 5. The predicted molar refractivity (Wildman–Crippen MR) is 64.8 cm³/mol. The molecule has 2 fully saturated rings. The van der Waals surface area contributed by atoms with Gasteiger partial charge in [0, 0.05) is 13.1 Å². The molecule has 1 aliphatic carbocycles. The monoisotopic (exact) mass is 241 g/mol. The van der Waals surface area contributed by atoms with Crippen LogP contribution in [0.25, 0.3) is 0 Å². The van der Waals surface area contributed by atoms with Crippen LogP contribution < -0.4 is 5.32 Å². The molecular weight excluding hydrogens is 218 g/mol. The molecule has 0 spiro atoms. The summed E-state index contributed by atoms with van der Waals surface area (Å²) in [7, 11) is 0. The molecule has 0 aromatic heterocycles. The van der Waals surface area contributed by atoms with Gasteiger partial charge in [0.2, 0.25) is 0 Å². The van der Waals surface area contributed by atoms with Gasteiger partial charge < -0.3 is 14.8 Å². The van der Waals surface area contributed by atoms with Crippen LogP contribution in [-0.2, 0) is 14.3 Å². The van der Waals surface area contributed by atoms with Gasteiger partial charge in [-0.15, -0.1) is 0 Å². The first-order chi connectivity index (χ1) is 8.18. The SMILES string of the molecule is CC1(OCC(=O)OCC2CCCCC2)CNC1. The topological polar surface area (TPSA) is 47.6 Å². The van der Waals surface area contributed by atoms with E-state index in [1.807, 2.05) is 6.92 Å². The van der Waals surface area contributed by atoms with Crippen molar-refractivity contribution in [3.8, 4) is 0 Å². The predicted octanol–water partition coefficient (Wildman–Crippen LogP) is 1.49. The zero-order valence-electron chi connectivity index (χ0n) is 10.7. The Morgan fingerprint density at radius 3 is 2.59 bits per heavy atom. The first kappa shape index (κ1) is 12.8. The maximum atomic E-state index is 11.5. The fourth-order valence-corrected chi connectivity index (χ4v) is 2.42. The summed E-state index contributed by atoms with van der Waals surface area (Å²) in [4.78, 5) is 11.5. The molecule has 0 unspecified atom stereocenters. The van der Waals surface area contributed by atoms with Crippen molar-refractivity contribution in [3.05, 3.63) is 0 Å². The molecule has 98 valence electrons. The number of ether oxygens (including phenoxy) is 2. The molecule has 17 heavy (non-hydrogen) atoms. The molecule has 4 heteroatoms. The highest BCUT2D eigenvalue weighted by molar-refractivity contribution is 5.70. The van der Waals surface area contributed by atoms with Crippen LogP contribution in [0, 0.1) is 5.92 Å². The van der Waals surface area contributed by atoms with Crippen molar-refractivity contribution in [1.29, 1.82) is 0 Å². The summed E-state index contributed by atoms with van der Waals surface area (Å²) < 4.78 is 10.8. The lowest BCUT2D eigenvalue weighted by atomic mass is 9.90. The van der Waals surface area contributed by atoms with E-state index in [9.17, 15) is 4.79 Å². The van der Waals surface area contributed by atoms with Gasteiger partial charge in [-0.3, -0.25) is 0 Å². The largest absolute Gasteiger partial charge is 0.464 e. The molecule has 1 aliphatic heterocycles. The van der Waals surface area contributed by atoms with Gasteiger partial charge in [0.1, 0.15) is 6.61 Å². The minimum atomic E-state index is -0.219. The lowest BCUT2D eigenvalue weighted by molar-refractivity contribution is -0.160. The van der Waals surface area contributed by atoms with Gasteiger partial charge in [-0.1, -0.05) is 19.3 Å². The molecule has 4 nitrogen and oxygen atoms in total. The van der Waals surface area contributed by atoms with E-state index in [0.29, 0.717) is 12.5 Å². The van der Waals surface area contributed by atoms with E-state index in [4.69, 9.17) is 9.47 Å². The van der Waals surface area contributed by atoms with E-state index in [-0.39, 0.29) is 18.2 Å². The maximum absolute atomic E-state index is 11.5. The third-order valence-electron chi connectivity index (χ3n) is 3.74. The summed E-state index contributed by atoms with van der Waals surface area (Å²) >= 11 is 0. The van der Waals surface area contributed by atoms with Crippen LogP contribution >= 0.6 is 0 Å². The zero-order chi connectivity index (χ0) is 12.1. The fourth-order valence-electron chi connectivity index (χ4n) is 2.42. The Morgan fingerprint density at radius 2 is 2.00 bits per heavy atom. The standard InChI is InChI=1S/C13H23NO3/c1-13(9-14-10-13)17-8-12(15)16-7-11-5-3-2-4-6-11/h11,14H,2-10H2,1H3. The van der Waals surface area contributed by atoms with Crippen LogP contribution in [0.4, 0.5) is 0 Å².